The fraction of sp³-hybridized carbons (Fsp3) is 0.190. The molecule has 1 heterocycles. The summed E-state index contributed by atoms with van der Waals surface area (Å²) in [5.41, 5.74) is 2.53. The van der Waals surface area contributed by atoms with Crippen molar-refractivity contribution in [2.24, 2.45) is 0 Å². The fourth-order valence-corrected chi connectivity index (χ4v) is 3.31. The molecule has 0 spiro atoms. The van der Waals surface area contributed by atoms with Crippen LogP contribution in [0.5, 0.6) is 11.5 Å². The lowest BCUT2D eigenvalue weighted by molar-refractivity contribution is 0.0469. The largest absolute Gasteiger partial charge is 0.497 e. The summed E-state index contributed by atoms with van der Waals surface area (Å²) in [5, 5.41) is 2.33. The minimum atomic E-state index is -0.648. The Morgan fingerprint density at radius 1 is 1.04 bits per heavy atom. The molecule has 0 fully saturated rings. The second kappa shape index (κ2) is 8.67. The van der Waals surface area contributed by atoms with Crippen LogP contribution in [0.15, 0.2) is 47.8 Å². The van der Waals surface area contributed by atoms with E-state index < -0.39 is 18.4 Å². The van der Waals surface area contributed by atoms with Gasteiger partial charge < -0.3 is 14.2 Å². The van der Waals surface area contributed by atoms with Crippen molar-refractivity contribution in [2.75, 3.05) is 20.8 Å². The maximum atomic E-state index is 12.5. The summed E-state index contributed by atoms with van der Waals surface area (Å²) in [4.78, 5) is 29.0. The first-order valence-electron chi connectivity index (χ1n) is 8.46. The third-order valence-electron chi connectivity index (χ3n) is 4.05. The molecule has 28 heavy (non-hydrogen) atoms. The van der Waals surface area contributed by atoms with Crippen LogP contribution in [0.2, 0.25) is 0 Å². The number of methoxy groups -OCH3 is 2. The molecule has 0 N–H and O–H groups in total. The molecule has 6 nitrogen and oxygen atoms in total. The van der Waals surface area contributed by atoms with Gasteiger partial charge in [-0.3, -0.25) is 4.79 Å². The number of nitrogens with zero attached hydrogens (tertiary/aromatic N) is 1. The first-order chi connectivity index (χ1) is 13.5. The Balaban J connectivity index is 1.67. The number of rotatable bonds is 7. The predicted molar refractivity (Wildman–Crippen MR) is 106 cm³/mol. The van der Waals surface area contributed by atoms with Crippen LogP contribution in [0, 0.1) is 6.92 Å². The summed E-state index contributed by atoms with van der Waals surface area (Å²) in [6, 6.07) is 12.7. The zero-order valence-corrected chi connectivity index (χ0v) is 16.5. The molecule has 0 saturated heterocycles. The smallest absolute Gasteiger partial charge is 0.358 e. The van der Waals surface area contributed by atoms with Gasteiger partial charge in [-0.15, -0.1) is 11.3 Å². The first kappa shape index (κ1) is 19.6. The third kappa shape index (κ3) is 4.37. The number of hydrogen-bond donors (Lipinski definition) is 0. The van der Waals surface area contributed by atoms with E-state index in [2.05, 4.69) is 4.98 Å². The monoisotopic (exact) mass is 397 g/mol. The van der Waals surface area contributed by atoms with Crippen molar-refractivity contribution in [3.8, 4) is 22.1 Å². The second-order valence-corrected chi connectivity index (χ2v) is 6.83. The van der Waals surface area contributed by atoms with E-state index in [4.69, 9.17) is 14.2 Å². The van der Waals surface area contributed by atoms with E-state index in [-0.39, 0.29) is 11.3 Å². The van der Waals surface area contributed by atoms with Gasteiger partial charge in [0.15, 0.2) is 12.3 Å². The zero-order valence-electron chi connectivity index (χ0n) is 15.7. The molecule has 1 aromatic heterocycles. The molecule has 0 atom stereocenters. The van der Waals surface area contributed by atoms with E-state index in [0.29, 0.717) is 16.5 Å². The summed E-state index contributed by atoms with van der Waals surface area (Å²) in [6.45, 7) is 1.59. The molecule has 0 amide bonds. The number of thiazole rings is 1. The van der Waals surface area contributed by atoms with Crippen molar-refractivity contribution in [3.05, 3.63) is 64.7 Å². The Kier molecular flexibility index (Phi) is 6.06. The van der Waals surface area contributed by atoms with Crippen molar-refractivity contribution < 1.29 is 23.8 Å². The molecule has 2 aromatic carbocycles. The SMILES string of the molecule is COc1ccc(OC)c(C(=O)COC(=O)c2csc(-c3ccc(C)cc3)n2)c1. The molecule has 0 radical (unpaired) electrons. The second-order valence-electron chi connectivity index (χ2n) is 5.97. The Morgan fingerprint density at radius 3 is 2.46 bits per heavy atom. The number of ether oxygens (including phenoxy) is 3. The molecular weight excluding hydrogens is 378 g/mol. The standard InChI is InChI=1S/C21H19NO5S/c1-13-4-6-14(7-5-13)20-22-17(12-28-20)21(24)27-11-18(23)16-10-15(25-2)8-9-19(16)26-3/h4-10,12H,11H2,1-3H3. The highest BCUT2D eigenvalue weighted by molar-refractivity contribution is 7.13. The quantitative estimate of drug-likeness (QED) is 0.440. The van der Waals surface area contributed by atoms with Crippen LogP contribution in [0.4, 0.5) is 0 Å². The lowest BCUT2D eigenvalue weighted by atomic mass is 10.1. The van der Waals surface area contributed by atoms with Crippen LogP contribution in [0.25, 0.3) is 10.6 Å². The first-order valence-corrected chi connectivity index (χ1v) is 9.34. The average Bonchev–Trinajstić information content (AvgIpc) is 3.22. The van der Waals surface area contributed by atoms with Crippen molar-refractivity contribution in [1.29, 1.82) is 0 Å². The number of Topliss-reactive ketones (excluding diaryl/α,β-unsaturated/α-hetero) is 1. The normalized spacial score (nSPS) is 10.4. The van der Waals surface area contributed by atoms with Crippen LogP contribution in [-0.4, -0.2) is 37.6 Å². The number of aryl methyl sites for hydroxylation is 1. The van der Waals surface area contributed by atoms with Gasteiger partial charge in [0, 0.05) is 10.9 Å². The van der Waals surface area contributed by atoms with E-state index in [1.54, 1.807) is 23.6 Å². The van der Waals surface area contributed by atoms with E-state index in [1.807, 2.05) is 31.2 Å². The minimum absolute atomic E-state index is 0.172. The molecule has 0 unspecified atom stereocenters. The van der Waals surface area contributed by atoms with Crippen LogP contribution >= 0.6 is 11.3 Å². The van der Waals surface area contributed by atoms with Crippen LogP contribution < -0.4 is 9.47 Å². The maximum absolute atomic E-state index is 12.5. The highest BCUT2D eigenvalue weighted by atomic mass is 32.1. The molecule has 3 rings (SSSR count). The molecule has 0 aliphatic carbocycles. The molecule has 0 aliphatic rings. The van der Waals surface area contributed by atoms with Crippen molar-refractivity contribution in [3.63, 3.8) is 0 Å². The van der Waals surface area contributed by atoms with Gasteiger partial charge in [0.1, 0.15) is 16.5 Å². The summed E-state index contributed by atoms with van der Waals surface area (Å²) in [5.74, 6) is -0.141. The maximum Gasteiger partial charge on any atom is 0.358 e. The third-order valence-corrected chi connectivity index (χ3v) is 4.94. The fourth-order valence-electron chi connectivity index (χ4n) is 2.51. The topological polar surface area (TPSA) is 74.7 Å². The van der Waals surface area contributed by atoms with E-state index in [0.717, 1.165) is 11.1 Å². The van der Waals surface area contributed by atoms with Crippen molar-refractivity contribution >= 4 is 23.1 Å². The number of esters is 1. The van der Waals surface area contributed by atoms with Gasteiger partial charge in [0.25, 0.3) is 0 Å². The van der Waals surface area contributed by atoms with Gasteiger partial charge in [-0.25, -0.2) is 9.78 Å². The van der Waals surface area contributed by atoms with Gasteiger partial charge >= 0.3 is 5.97 Å². The summed E-state index contributed by atoms with van der Waals surface area (Å²) in [7, 11) is 2.97. The Bertz CT molecular complexity index is 994. The summed E-state index contributed by atoms with van der Waals surface area (Å²) < 4.78 is 15.5. The van der Waals surface area contributed by atoms with E-state index in [9.17, 15) is 9.59 Å². The van der Waals surface area contributed by atoms with Crippen molar-refractivity contribution in [2.45, 2.75) is 6.92 Å². The van der Waals surface area contributed by atoms with Gasteiger partial charge in [-0.2, -0.15) is 0 Å². The number of carbonyl (C=O) groups is 2. The van der Waals surface area contributed by atoms with Gasteiger partial charge in [-0.1, -0.05) is 29.8 Å². The predicted octanol–water partition coefficient (Wildman–Crippen LogP) is 4.18. The number of ketones is 1. The van der Waals surface area contributed by atoms with Gasteiger partial charge in [0.05, 0.1) is 19.8 Å². The Morgan fingerprint density at radius 2 is 1.79 bits per heavy atom. The van der Waals surface area contributed by atoms with E-state index >= 15 is 0 Å². The molecule has 0 bridgehead atoms. The minimum Gasteiger partial charge on any atom is -0.497 e. The van der Waals surface area contributed by atoms with Gasteiger partial charge in [-0.05, 0) is 25.1 Å². The van der Waals surface area contributed by atoms with Crippen LogP contribution in [0.3, 0.4) is 0 Å². The number of carbonyl (C=O) groups excluding carboxylic acids is 2. The lowest BCUT2D eigenvalue weighted by Gasteiger charge is -2.09. The highest BCUT2D eigenvalue weighted by Crippen LogP contribution is 2.26. The zero-order chi connectivity index (χ0) is 20.1. The molecule has 3 aromatic rings. The average molecular weight is 397 g/mol. The summed E-state index contributed by atoms with van der Waals surface area (Å²) >= 11 is 1.35. The van der Waals surface area contributed by atoms with Crippen molar-refractivity contribution in [1.82, 2.24) is 4.98 Å². The number of benzene rings is 2. The molecule has 144 valence electrons. The highest BCUT2D eigenvalue weighted by Gasteiger charge is 2.18. The van der Waals surface area contributed by atoms with Crippen LogP contribution in [-0.2, 0) is 4.74 Å². The van der Waals surface area contributed by atoms with E-state index in [1.165, 1.54) is 25.6 Å². The van der Waals surface area contributed by atoms with Gasteiger partial charge in [0.2, 0.25) is 5.78 Å². The van der Waals surface area contributed by atoms with Crippen LogP contribution in [0.1, 0.15) is 26.4 Å². The molecule has 0 aliphatic heterocycles. The summed E-state index contributed by atoms with van der Waals surface area (Å²) in [6.07, 6.45) is 0. The Labute approximate surface area is 166 Å². The number of aromatic nitrogens is 1. The molecule has 7 heteroatoms. The Hall–Kier alpha value is -3.19. The molecular formula is C21H19NO5S. The molecule has 0 saturated carbocycles. The lowest BCUT2D eigenvalue weighted by Crippen LogP contribution is -2.15. The number of hydrogen-bond acceptors (Lipinski definition) is 7.